The molecule has 0 saturated heterocycles. The minimum atomic E-state index is -0.137. The van der Waals surface area contributed by atoms with Crippen LogP contribution in [0.15, 0.2) is 28.7 Å². The van der Waals surface area contributed by atoms with Gasteiger partial charge >= 0.3 is 0 Å². The molecule has 1 heterocycles. The zero-order chi connectivity index (χ0) is 13.2. The zero-order valence-corrected chi connectivity index (χ0v) is 10.8. The number of nitrogens with two attached hydrogens (primary N) is 1. The number of rotatable bonds is 3. The minimum Gasteiger partial charge on any atom is -0.451 e. The molecule has 19 heavy (non-hydrogen) atoms. The first kappa shape index (κ1) is 12.1. The summed E-state index contributed by atoms with van der Waals surface area (Å²) < 4.78 is 5.53. The Morgan fingerprint density at radius 3 is 2.89 bits per heavy atom. The van der Waals surface area contributed by atoms with Gasteiger partial charge in [-0.2, -0.15) is 0 Å². The lowest BCUT2D eigenvalue weighted by Crippen LogP contribution is -2.27. The Hall–Kier alpha value is -1.97. The molecule has 0 atom stereocenters. The number of nitrogen functional groups attached to an aromatic ring is 1. The van der Waals surface area contributed by atoms with Crippen LogP contribution in [0.2, 0.25) is 0 Å². The standard InChI is InChI=1S/C15H18N2O2/c16-12-5-6-13-11(7-12)8-14(19-13)15(18)17-9-10-3-1-2-4-10/h5-8,10H,1-4,9,16H2,(H,17,18). The first-order chi connectivity index (χ1) is 9.22. The second-order valence-corrected chi connectivity index (χ2v) is 5.27. The summed E-state index contributed by atoms with van der Waals surface area (Å²) in [4.78, 5) is 12.0. The van der Waals surface area contributed by atoms with Gasteiger partial charge in [0.2, 0.25) is 0 Å². The zero-order valence-electron chi connectivity index (χ0n) is 10.8. The third-order valence-electron chi connectivity index (χ3n) is 3.79. The smallest absolute Gasteiger partial charge is 0.287 e. The van der Waals surface area contributed by atoms with E-state index < -0.39 is 0 Å². The Balaban J connectivity index is 1.70. The highest BCUT2D eigenvalue weighted by Gasteiger charge is 2.17. The molecule has 1 aliphatic rings. The highest BCUT2D eigenvalue weighted by atomic mass is 16.3. The first-order valence-corrected chi connectivity index (χ1v) is 6.79. The quantitative estimate of drug-likeness (QED) is 0.832. The minimum absolute atomic E-state index is 0.137. The molecule has 2 aromatic rings. The van der Waals surface area contributed by atoms with E-state index in [2.05, 4.69) is 5.32 Å². The Labute approximate surface area is 112 Å². The Bertz CT molecular complexity index is 597. The van der Waals surface area contributed by atoms with E-state index in [1.165, 1.54) is 25.7 Å². The summed E-state index contributed by atoms with van der Waals surface area (Å²) >= 11 is 0. The van der Waals surface area contributed by atoms with Crippen molar-refractivity contribution in [3.63, 3.8) is 0 Å². The van der Waals surface area contributed by atoms with Crippen LogP contribution in [0.5, 0.6) is 0 Å². The number of hydrogen-bond acceptors (Lipinski definition) is 3. The number of benzene rings is 1. The van der Waals surface area contributed by atoms with E-state index in [1.807, 2.05) is 6.07 Å². The molecular formula is C15H18N2O2. The summed E-state index contributed by atoms with van der Waals surface area (Å²) in [7, 11) is 0. The molecule has 3 N–H and O–H groups in total. The number of hydrogen-bond donors (Lipinski definition) is 2. The molecule has 1 saturated carbocycles. The number of carbonyl (C=O) groups excluding carboxylic acids is 1. The van der Waals surface area contributed by atoms with Crippen LogP contribution in [0, 0.1) is 5.92 Å². The van der Waals surface area contributed by atoms with E-state index in [-0.39, 0.29) is 5.91 Å². The SMILES string of the molecule is Nc1ccc2oc(C(=O)NCC3CCCC3)cc2c1. The molecule has 3 rings (SSSR count). The fourth-order valence-corrected chi connectivity index (χ4v) is 2.71. The lowest BCUT2D eigenvalue weighted by Gasteiger charge is -2.08. The van der Waals surface area contributed by atoms with Gasteiger partial charge in [-0.3, -0.25) is 4.79 Å². The van der Waals surface area contributed by atoms with Gasteiger partial charge in [-0.15, -0.1) is 0 Å². The topological polar surface area (TPSA) is 68.3 Å². The number of amides is 1. The average Bonchev–Trinajstić information content (AvgIpc) is 3.04. The molecule has 1 fully saturated rings. The van der Waals surface area contributed by atoms with E-state index in [0.717, 1.165) is 11.9 Å². The van der Waals surface area contributed by atoms with Crippen LogP contribution in [0.3, 0.4) is 0 Å². The molecule has 0 bridgehead atoms. The number of fused-ring (bicyclic) bond motifs is 1. The van der Waals surface area contributed by atoms with Crippen LogP contribution in [-0.2, 0) is 0 Å². The maximum atomic E-state index is 12.0. The van der Waals surface area contributed by atoms with Gasteiger partial charge in [0.25, 0.3) is 5.91 Å². The van der Waals surface area contributed by atoms with Crippen LogP contribution >= 0.6 is 0 Å². The highest BCUT2D eigenvalue weighted by Crippen LogP contribution is 2.24. The van der Waals surface area contributed by atoms with E-state index in [1.54, 1.807) is 18.2 Å². The molecule has 0 spiro atoms. The molecule has 4 heteroatoms. The second kappa shape index (κ2) is 4.96. The van der Waals surface area contributed by atoms with Crippen LogP contribution in [-0.4, -0.2) is 12.5 Å². The van der Waals surface area contributed by atoms with Crippen LogP contribution in [0.25, 0.3) is 11.0 Å². The van der Waals surface area contributed by atoms with Crippen molar-refractivity contribution in [2.75, 3.05) is 12.3 Å². The molecule has 0 aliphatic heterocycles. The van der Waals surface area contributed by atoms with Gasteiger partial charge in [0.05, 0.1) is 0 Å². The van der Waals surface area contributed by atoms with E-state index in [9.17, 15) is 4.79 Å². The fraction of sp³-hybridized carbons (Fsp3) is 0.400. The van der Waals surface area contributed by atoms with E-state index in [0.29, 0.717) is 22.9 Å². The van der Waals surface area contributed by atoms with Gasteiger partial charge in [0.15, 0.2) is 5.76 Å². The van der Waals surface area contributed by atoms with Crippen molar-refractivity contribution in [1.29, 1.82) is 0 Å². The summed E-state index contributed by atoms with van der Waals surface area (Å²) in [6, 6.07) is 7.12. The third kappa shape index (κ3) is 2.57. The highest BCUT2D eigenvalue weighted by molar-refractivity contribution is 5.96. The van der Waals surface area contributed by atoms with Gasteiger partial charge in [0.1, 0.15) is 5.58 Å². The number of furan rings is 1. The third-order valence-corrected chi connectivity index (χ3v) is 3.79. The molecular weight excluding hydrogens is 240 g/mol. The maximum absolute atomic E-state index is 12.0. The molecule has 0 unspecified atom stereocenters. The lowest BCUT2D eigenvalue weighted by molar-refractivity contribution is 0.0922. The van der Waals surface area contributed by atoms with Crippen molar-refractivity contribution in [2.24, 2.45) is 5.92 Å². The van der Waals surface area contributed by atoms with Gasteiger partial charge in [0, 0.05) is 17.6 Å². The summed E-state index contributed by atoms with van der Waals surface area (Å²) in [6.07, 6.45) is 5.00. The van der Waals surface area contributed by atoms with Gasteiger partial charge in [-0.1, -0.05) is 12.8 Å². The van der Waals surface area contributed by atoms with Crippen molar-refractivity contribution in [3.05, 3.63) is 30.0 Å². The number of nitrogens with one attached hydrogen (secondary N) is 1. The predicted molar refractivity (Wildman–Crippen MR) is 74.9 cm³/mol. The van der Waals surface area contributed by atoms with Crippen molar-refractivity contribution in [3.8, 4) is 0 Å². The molecule has 1 amide bonds. The van der Waals surface area contributed by atoms with Crippen molar-refractivity contribution in [2.45, 2.75) is 25.7 Å². The van der Waals surface area contributed by atoms with Crippen molar-refractivity contribution >= 4 is 22.6 Å². The fourth-order valence-electron chi connectivity index (χ4n) is 2.71. The molecule has 100 valence electrons. The number of carbonyl (C=O) groups is 1. The summed E-state index contributed by atoms with van der Waals surface area (Å²) in [5.41, 5.74) is 7.08. The van der Waals surface area contributed by atoms with Crippen molar-refractivity contribution in [1.82, 2.24) is 5.32 Å². The van der Waals surface area contributed by atoms with Gasteiger partial charge in [-0.25, -0.2) is 0 Å². The molecule has 4 nitrogen and oxygen atoms in total. The summed E-state index contributed by atoms with van der Waals surface area (Å²) in [5, 5.41) is 3.82. The number of anilines is 1. The lowest BCUT2D eigenvalue weighted by atomic mass is 10.1. The molecule has 1 aliphatic carbocycles. The Morgan fingerprint density at radius 1 is 1.32 bits per heavy atom. The average molecular weight is 258 g/mol. The Morgan fingerprint density at radius 2 is 2.11 bits per heavy atom. The summed E-state index contributed by atoms with van der Waals surface area (Å²) in [5.74, 6) is 0.851. The van der Waals surface area contributed by atoms with Crippen LogP contribution < -0.4 is 11.1 Å². The molecule has 0 radical (unpaired) electrons. The monoisotopic (exact) mass is 258 g/mol. The summed E-state index contributed by atoms with van der Waals surface area (Å²) in [6.45, 7) is 0.748. The Kier molecular flexibility index (Phi) is 3.15. The molecule has 1 aromatic carbocycles. The second-order valence-electron chi connectivity index (χ2n) is 5.27. The largest absolute Gasteiger partial charge is 0.451 e. The van der Waals surface area contributed by atoms with Crippen molar-refractivity contribution < 1.29 is 9.21 Å². The first-order valence-electron chi connectivity index (χ1n) is 6.79. The van der Waals surface area contributed by atoms with E-state index in [4.69, 9.17) is 10.2 Å². The maximum Gasteiger partial charge on any atom is 0.287 e. The van der Waals surface area contributed by atoms with Crippen LogP contribution in [0.1, 0.15) is 36.2 Å². The van der Waals surface area contributed by atoms with Gasteiger partial charge < -0.3 is 15.5 Å². The van der Waals surface area contributed by atoms with Gasteiger partial charge in [-0.05, 0) is 43.0 Å². The van der Waals surface area contributed by atoms with Crippen LogP contribution in [0.4, 0.5) is 5.69 Å². The molecule has 1 aromatic heterocycles. The normalized spacial score (nSPS) is 16.0. The predicted octanol–water partition coefficient (Wildman–Crippen LogP) is 2.94. The van der Waals surface area contributed by atoms with E-state index >= 15 is 0 Å².